The Hall–Kier alpha value is -3.03. The largest absolute Gasteiger partial charge is 0.495 e. The molecule has 7 nitrogen and oxygen atoms in total. The molecule has 1 fully saturated rings. The summed E-state index contributed by atoms with van der Waals surface area (Å²) in [5.41, 5.74) is 2.19. The Morgan fingerprint density at radius 2 is 1.90 bits per heavy atom. The van der Waals surface area contributed by atoms with Gasteiger partial charge in [-0.25, -0.2) is 0 Å². The number of hydrogen-bond donors (Lipinski definition) is 2. The molecule has 0 spiro atoms. The number of carbonyl (C=O) groups is 2. The van der Waals surface area contributed by atoms with Crippen molar-refractivity contribution in [1.82, 2.24) is 9.88 Å². The zero-order chi connectivity index (χ0) is 22.3. The molecule has 0 radical (unpaired) electrons. The smallest absolute Gasteiger partial charge is 0.310 e. The average molecular weight is 443 g/mol. The molecule has 1 aromatic heterocycles. The zero-order valence-electron chi connectivity index (χ0n) is 17.4. The van der Waals surface area contributed by atoms with E-state index in [0.717, 1.165) is 16.5 Å². The molecule has 31 heavy (non-hydrogen) atoms. The normalized spacial score (nSPS) is 15.9. The molecule has 1 aliphatic heterocycles. The number of amides is 1. The van der Waals surface area contributed by atoms with Crippen molar-refractivity contribution in [2.24, 2.45) is 7.05 Å². The molecule has 0 saturated carbocycles. The van der Waals surface area contributed by atoms with Gasteiger partial charge in [0.05, 0.1) is 36.8 Å². The fraction of sp³-hybridized carbons (Fsp3) is 0.304. The second-order valence-corrected chi connectivity index (χ2v) is 8.19. The second-order valence-electron chi connectivity index (χ2n) is 7.81. The van der Waals surface area contributed by atoms with E-state index in [1.165, 1.54) is 0 Å². The van der Waals surface area contributed by atoms with Crippen LogP contribution in [-0.2, 0) is 22.1 Å². The van der Waals surface area contributed by atoms with Crippen LogP contribution in [0.15, 0.2) is 42.5 Å². The summed E-state index contributed by atoms with van der Waals surface area (Å²) in [6.45, 7) is 2.32. The van der Waals surface area contributed by atoms with Gasteiger partial charge in [-0.15, -0.1) is 0 Å². The summed E-state index contributed by atoms with van der Waals surface area (Å²) in [4.78, 5) is 24.4. The molecule has 1 atom stereocenters. The lowest BCUT2D eigenvalue weighted by molar-refractivity contribution is -0.138. The van der Waals surface area contributed by atoms with Gasteiger partial charge in [0.2, 0.25) is 0 Å². The van der Waals surface area contributed by atoms with Crippen molar-refractivity contribution in [1.29, 1.82) is 0 Å². The molecule has 2 aromatic carbocycles. The summed E-state index contributed by atoms with van der Waals surface area (Å²) in [6, 6.07) is 12.6. The molecule has 1 unspecified atom stereocenters. The van der Waals surface area contributed by atoms with Gasteiger partial charge in [-0.1, -0.05) is 35.9 Å². The van der Waals surface area contributed by atoms with E-state index in [4.69, 9.17) is 21.1 Å². The Bertz CT molecular complexity index is 1160. The van der Waals surface area contributed by atoms with E-state index in [0.29, 0.717) is 35.2 Å². The second kappa shape index (κ2) is 7.90. The van der Waals surface area contributed by atoms with Crippen LogP contribution < -0.4 is 10.1 Å². The van der Waals surface area contributed by atoms with E-state index in [2.05, 4.69) is 5.32 Å². The highest BCUT2D eigenvalue weighted by atomic mass is 35.5. The van der Waals surface area contributed by atoms with Crippen molar-refractivity contribution >= 4 is 34.4 Å². The van der Waals surface area contributed by atoms with Crippen molar-refractivity contribution < 1.29 is 24.2 Å². The van der Waals surface area contributed by atoms with Crippen LogP contribution in [0.5, 0.6) is 5.75 Å². The quantitative estimate of drug-likeness (QED) is 0.607. The van der Waals surface area contributed by atoms with Gasteiger partial charge in [0, 0.05) is 12.4 Å². The van der Waals surface area contributed by atoms with E-state index in [1.54, 1.807) is 42.9 Å². The molecule has 2 heterocycles. The Morgan fingerprint density at radius 1 is 1.23 bits per heavy atom. The molecule has 1 aliphatic rings. The van der Waals surface area contributed by atoms with Gasteiger partial charge in [0.25, 0.3) is 5.91 Å². The minimum atomic E-state index is -0.881. The number of carboxylic acids is 1. The van der Waals surface area contributed by atoms with Crippen LogP contribution in [0.2, 0.25) is 5.02 Å². The van der Waals surface area contributed by atoms with Crippen LogP contribution in [-0.4, -0.2) is 41.9 Å². The minimum Gasteiger partial charge on any atom is -0.495 e. The molecule has 8 heteroatoms. The first-order valence-electron chi connectivity index (χ1n) is 9.83. The number of ether oxygens (including phenoxy) is 2. The number of hydrogen-bond acceptors (Lipinski definition) is 4. The maximum Gasteiger partial charge on any atom is 0.310 e. The molecule has 162 valence electrons. The summed E-state index contributed by atoms with van der Waals surface area (Å²) in [7, 11) is 3.36. The van der Waals surface area contributed by atoms with E-state index < -0.39 is 17.4 Å². The molecule has 0 aliphatic carbocycles. The van der Waals surface area contributed by atoms with Crippen molar-refractivity contribution in [3.05, 3.63) is 64.3 Å². The first-order chi connectivity index (χ1) is 14.8. The molecule has 2 N–H and O–H groups in total. The predicted molar refractivity (Wildman–Crippen MR) is 117 cm³/mol. The Kier molecular flexibility index (Phi) is 5.41. The van der Waals surface area contributed by atoms with E-state index in [9.17, 15) is 14.7 Å². The van der Waals surface area contributed by atoms with Gasteiger partial charge in [-0.3, -0.25) is 9.59 Å². The highest BCUT2D eigenvalue weighted by Gasteiger charge is 2.42. The van der Waals surface area contributed by atoms with Crippen LogP contribution >= 0.6 is 11.6 Å². The maximum atomic E-state index is 13.2. The Labute approximate surface area is 184 Å². The molecule has 0 bridgehead atoms. The summed E-state index contributed by atoms with van der Waals surface area (Å²) in [5, 5.41) is 13.5. The third-order valence-corrected chi connectivity index (χ3v) is 6.35. The van der Waals surface area contributed by atoms with Gasteiger partial charge in [0.15, 0.2) is 0 Å². The zero-order valence-corrected chi connectivity index (χ0v) is 18.2. The number of nitrogens with one attached hydrogen (secondary N) is 1. The molecule has 1 saturated heterocycles. The van der Waals surface area contributed by atoms with Crippen LogP contribution in [0, 0.1) is 0 Å². The molecular formula is C23H23ClN2O5. The molecule has 3 aromatic rings. The molecular weight excluding hydrogens is 420 g/mol. The molecule has 1 amide bonds. The lowest BCUT2D eigenvalue weighted by Crippen LogP contribution is -2.59. The minimum absolute atomic E-state index is 0.250. The standard InChI is InChI=1S/C23H23ClN2O5/c1-13(22(28)29)14-4-6-15(7-5-14)23(11-31-12-23)25-21(27)18-10-16-17(26(18)2)8-9-19(30-3)20(16)24/h4-10,13H,11-12H2,1-3H3,(H,25,27)(H,28,29). The number of aryl methyl sites for hydroxylation is 1. The van der Waals surface area contributed by atoms with Gasteiger partial charge < -0.3 is 24.5 Å². The van der Waals surface area contributed by atoms with Crippen LogP contribution in [0.1, 0.15) is 34.5 Å². The summed E-state index contributed by atoms with van der Waals surface area (Å²) < 4.78 is 12.5. The van der Waals surface area contributed by atoms with Crippen molar-refractivity contribution in [2.75, 3.05) is 20.3 Å². The fourth-order valence-electron chi connectivity index (χ4n) is 3.86. The van der Waals surface area contributed by atoms with E-state index in [-0.39, 0.29) is 5.91 Å². The number of halogens is 1. The van der Waals surface area contributed by atoms with E-state index in [1.807, 2.05) is 25.2 Å². The lowest BCUT2D eigenvalue weighted by atomic mass is 9.86. The Balaban J connectivity index is 1.63. The number of carbonyl (C=O) groups excluding carboxylic acids is 1. The molecule has 4 rings (SSSR count). The topological polar surface area (TPSA) is 89.8 Å². The van der Waals surface area contributed by atoms with Gasteiger partial charge >= 0.3 is 5.97 Å². The summed E-state index contributed by atoms with van der Waals surface area (Å²) >= 11 is 6.43. The fourth-order valence-corrected chi connectivity index (χ4v) is 4.15. The summed E-state index contributed by atoms with van der Waals surface area (Å²) in [5.74, 6) is -1.19. The number of benzene rings is 2. The number of aromatic nitrogens is 1. The van der Waals surface area contributed by atoms with Gasteiger partial charge in [0.1, 0.15) is 17.0 Å². The highest BCUT2D eigenvalue weighted by molar-refractivity contribution is 6.37. The number of methoxy groups -OCH3 is 1. The first kappa shape index (κ1) is 21.2. The lowest BCUT2D eigenvalue weighted by Gasteiger charge is -2.42. The number of fused-ring (bicyclic) bond motifs is 1. The van der Waals surface area contributed by atoms with Crippen molar-refractivity contribution in [2.45, 2.75) is 18.4 Å². The first-order valence-corrected chi connectivity index (χ1v) is 10.2. The van der Waals surface area contributed by atoms with Crippen molar-refractivity contribution in [3.63, 3.8) is 0 Å². The predicted octanol–water partition coefficient (Wildman–Crippen LogP) is 3.68. The SMILES string of the molecule is COc1ccc2c(cc(C(=O)NC3(c4ccc(C(C)C(=O)O)cc4)COC3)n2C)c1Cl. The van der Waals surface area contributed by atoms with Crippen LogP contribution in [0.4, 0.5) is 0 Å². The Morgan fingerprint density at radius 3 is 2.45 bits per heavy atom. The third-order valence-electron chi connectivity index (χ3n) is 5.96. The van der Waals surface area contributed by atoms with Crippen LogP contribution in [0.25, 0.3) is 10.9 Å². The monoisotopic (exact) mass is 442 g/mol. The van der Waals surface area contributed by atoms with Crippen LogP contribution in [0.3, 0.4) is 0 Å². The average Bonchev–Trinajstić information content (AvgIpc) is 3.08. The number of nitrogens with zero attached hydrogens (tertiary/aromatic N) is 1. The van der Waals surface area contributed by atoms with Gasteiger partial charge in [-0.05, 0) is 36.2 Å². The van der Waals surface area contributed by atoms with Gasteiger partial charge in [-0.2, -0.15) is 0 Å². The number of rotatable bonds is 6. The number of carboxylic acid groups (broad SMARTS) is 1. The van der Waals surface area contributed by atoms with Crippen molar-refractivity contribution in [3.8, 4) is 5.75 Å². The third kappa shape index (κ3) is 3.54. The highest BCUT2D eigenvalue weighted by Crippen LogP contribution is 2.35. The maximum absolute atomic E-state index is 13.2. The number of aliphatic carboxylic acids is 1. The van der Waals surface area contributed by atoms with E-state index >= 15 is 0 Å². The summed E-state index contributed by atoms with van der Waals surface area (Å²) in [6.07, 6.45) is 0.